The lowest BCUT2D eigenvalue weighted by atomic mass is 9.85. The highest BCUT2D eigenvalue weighted by Crippen LogP contribution is 2.26. The van der Waals surface area contributed by atoms with Crippen molar-refractivity contribution in [2.45, 2.75) is 57.2 Å². The first-order valence-corrected chi connectivity index (χ1v) is 7.63. The van der Waals surface area contributed by atoms with Crippen molar-refractivity contribution in [3.8, 4) is 0 Å². The fourth-order valence-corrected chi connectivity index (χ4v) is 3.40. The highest BCUT2D eigenvalue weighted by molar-refractivity contribution is 7.90. The second-order valence-electron chi connectivity index (χ2n) is 4.83. The number of carbonyl (C=O) groups is 1. The Balaban J connectivity index is 2.60. The Labute approximate surface area is 103 Å². The van der Waals surface area contributed by atoms with Crippen LogP contribution >= 0.6 is 0 Å². The van der Waals surface area contributed by atoms with Crippen LogP contribution in [0.2, 0.25) is 0 Å². The molecule has 17 heavy (non-hydrogen) atoms. The van der Waals surface area contributed by atoms with Gasteiger partial charge in [0.15, 0.2) is 5.25 Å². The van der Waals surface area contributed by atoms with E-state index in [2.05, 4.69) is 4.72 Å². The van der Waals surface area contributed by atoms with Gasteiger partial charge in [-0.3, -0.25) is 4.79 Å². The van der Waals surface area contributed by atoms with Gasteiger partial charge in [0.2, 0.25) is 10.0 Å². The molecule has 1 saturated carbocycles. The van der Waals surface area contributed by atoms with E-state index in [9.17, 15) is 13.2 Å². The number of carboxylic acid groups (broad SMARTS) is 1. The maximum atomic E-state index is 11.7. The summed E-state index contributed by atoms with van der Waals surface area (Å²) in [4.78, 5) is 10.7. The first kappa shape index (κ1) is 14.4. The summed E-state index contributed by atoms with van der Waals surface area (Å²) < 4.78 is 26.0. The van der Waals surface area contributed by atoms with E-state index in [4.69, 9.17) is 5.11 Å². The van der Waals surface area contributed by atoms with E-state index in [1.165, 1.54) is 13.3 Å². The molecule has 0 radical (unpaired) electrons. The van der Waals surface area contributed by atoms with Gasteiger partial charge in [0.1, 0.15) is 0 Å². The molecular formula is C11H21NO4S. The topological polar surface area (TPSA) is 83.5 Å². The average molecular weight is 263 g/mol. The van der Waals surface area contributed by atoms with Crippen LogP contribution in [0.4, 0.5) is 0 Å². The van der Waals surface area contributed by atoms with E-state index in [0.29, 0.717) is 5.92 Å². The minimum Gasteiger partial charge on any atom is -0.480 e. The normalized spacial score (nSPS) is 22.0. The first-order chi connectivity index (χ1) is 7.84. The molecule has 2 atom stereocenters. The molecule has 5 nitrogen and oxygen atoms in total. The van der Waals surface area contributed by atoms with Gasteiger partial charge in [0, 0.05) is 6.04 Å². The lowest BCUT2D eigenvalue weighted by Crippen LogP contribution is -2.45. The highest BCUT2D eigenvalue weighted by Gasteiger charge is 2.31. The summed E-state index contributed by atoms with van der Waals surface area (Å²) in [5, 5.41) is 7.33. The van der Waals surface area contributed by atoms with Gasteiger partial charge in [0.25, 0.3) is 0 Å². The van der Waals surface area contributed by atoms with Crippen LogP contribution in [0.3, 0.4) is 0 Å². The molecule has 1 aliphatic rings. The van der Waals surface area contributed by atoms with Crippen molar-refractivity contribution in [3.05, 3.63) is 0 Å². The molecule has 0 saturated heterocycles. The molecule has 100 valence electrons. The Morgan fingerprint density at radius 2 is 1.76 bits per heavy atom. The monoisotopic (exact) mass is 263 g/mol. The maximum Gasteiger partial charge on any atom is 0.323 e. The summed E-state index contributed by atoms with van der Waals surface area (Å²) in [6, 6.07) is -0.179. The molecule has 0 aromatic rings. The highest BCUT2D eigenvalue weighted by atomic mass is 32.2. The Morgan fingerprint density at radius 1 is 1.24 bits per heavy atom. The van der Waals surface area contributed by atoms with Crippen LogP contribution < -0.4 is 4.72 Å². The molecule has 2 N–H and O–H groups in total. The lowest BCUT2D eigenvalue weighted by molar-refractivity contribution is -0.136. The standard InChI is InChI=1S/C11H21NO4S/c1-8(10-6-4-3-5-7-10)12-17(15,16)9(2)11(13)14/h8-10,12H,3-7H2,1-2H3,(H,13,14)/t8-,9?/m1/s1. The third kappa shape index (κ3) is 3.96. The van der Waals surface area contributed by atoms with E-state index < -0.39 is 21.2 Å². The summed E-state index contributed by atoms with van der Waals surface area (Å²) in [6.07, 6.45) is 5.51. The number of hydrogen-bond donors (Lipinski definition) is 2. The minimum absolute atomic E-state index is 0.179. The van der Waals surface area contributed by atoms with Gasteiger partial charge >= 0.3 is 5.97 Å². The second-order valence-corrected chi connectivity index (χ2v) is 6.86. The summed E-state index contributed by atoms with van der Waals surface area (Å²) in [6.45, 7) is 3.01. The van der Waals surface area contributed by atoms with Crippen LogP contribution in [-0.4, -0.2) is 30.8 Å². The minimum atomic E-state index is -3.76. The molecule has 0 bridgehead atoms. The van der Waals surface area contributed by atoms with Gasteiger partial charge in [-0.25, -0.2) is 13.1 Å². The van der Waals surface area contributed by atoms with Crippen LogP contribution in [0.1, 0.15) is 46.0 Å². The summed E-state index contributed by atoms with van der Waals surface area (Å²) >= 11 is 0. The third-order valence-corrected chi connectivity index (χ3v) is 5.35. The molecular weight excluding hydrogens is 242 g/mol. The van der Waals surface area contributed by atoms with Crippen molar-refractivity contribution >= 4 is 16.0 Å². The fourth-order valence-electron chi connectivity index (χ4n) is 2.22. The molecule has 1 unspecified atom stereocenters. The quantitative estimate of drug-likeness (QED) is 0.784. The Bertz CT molecular complexity index is 360. The van der Waals surface area contributed by atoms with Gasteiger partial charge in [0.05, 0.1) is 0 Å². The van der Waals surface area contributed by atoms with Gasteiger partial charge in [-0.1, -0.05) is 19.3 Å². The van der Waals surface area contributed by atoms with E-state index in [-0.39, 0.29) is 6.04 Å². The zero-order valence-electron chi connectivity index (χ0n) is 10.3. The van der Waals surface area contributed by atoms with E-state index in [0.717, 1.165) is 25.7 Å². The van der Waals surface area contributed by atoms with E-state index in [1.54, 1.807) is 0 Å². The van der Waals surface area contributed by atoms with Crippen LogP contribution in [-0.2, 0) is 14.8 Å². The fraction of sp³-hybridized carbons (Fsp3) is 0.909. The summed E-state index contributed by atoms with van der Waals surface area (Å²) in [5.41, 5.74) is 0. The molecule has 0 spiro atoms. The van der Waals surface area contributed by atoms with Crippen molar-refractivity contribution in [3.63, 3.8) is 0 Å². The van der Waals surface area contributed by atoms with Crippen molar-refractivity contribution in [1.29, 1.82) is 0 Å². The molecule has 0 heterocycles. The zero-order chi connectivity index (χ0) is 13.1. The SMILES string of the molecule is CC(C(=O)O)S(=O)(=O)N[C@H](C)C1CCCCC1. The Hall–Kier alpha value is -0.620. The van der Waals surface area contributed by atoms with Crippen molar-refractivity contribution < 1.29 is 18.3 Å². The van der Waals surface area contributed by atoms with E-state index in [1.807, 2.05) is 6.92 Å². The molecule has 1 rings (SSSR count). The predicted molar refractivity (Wildman–Crippen MR) is 65.2 cm³/mol. The molecule has 0 amide bonds. The summed E-state index contributed by atoms with van der Waals surface area (Å²) in [5.74, 6) is -0.979. The molecule has 1 aliphatic carbocycles. The van der Waals surface area contributed by atoms with Gasteiger partial charge in [-0.05, 0) is 32.6 Å². The van der Waals surface area contributed by atoms with Gasteiger partial charge < -0.3 is 5.11 Å². The third-order valence-electron chi connectivity index (χ3n) is 3.52. The van der Waals surface area contributed by atoms with Gasteiger partial charge in [-0.2, -0.15) is 0 Å². The van der Waals surface area contributed by atoms with Crippen LogP contribution in [0.25, 0.3) is 0 Å². The number of nitrogens with one attached hydrogen (secondary N) is 1. The smallest absolute Gasteiger partial charge is 0.323 e. The van der Waals surface area contributed by atoms with Crippen molar-refractivity contribution in [2.24, 2.45) is 5.92 Å². The van der Waals surface area contributed by atoms with Crippen molar-refractivity contribution in [2.75, 3.05) is 0 Å². The number of rotatable bonds is 5. The summed E-state index contributed by atoms with van der Waals surface area (Å²) in [7, 11) is -3.76. The van der Waals surface area contributed by atoms with Crippen LogP contribution in [0.5, 0.6) is 0 Å². The first-order valence-electron chi connectivity index (χ1n) is 6.08. The van der Waals surface area contributed by atoms with Crippen LogP contribution in [0, 0.1) is 5.92 Å². The lowest BCUT2D eigenvalue weighted by Gasteiger charge is -2.28. The number of aliphatic carboxylic acids is 1. The number of carboxylic acids is 1. The molecule has 0 aromatic carbocycles. The number of hydrogen-bond acceptors (Lipinski definition) is 3. The molecule has 6 heteroatoms. The molecule has 1 fully saturated rings. The largest absolute Gasteiger partial charge is 0.480 e. The zero-order valence-corrected chi connectivity index (χ0v) is 11.2. The van der Waals surface area contributed by atoms with Crippen LogP contribution in [0.15, 0.2) is 0 Å². The van der Waals surface area contributed by atoms with E-state index >= 15 is 0 Å². The second kappa shape index (κ2) is 5.82. The molecule has 0 aromatic heterocycles. The predicted octanol–water partition coefficient (Wildman–Crippen LogP) is 1.35. The van der Waals surface area contributed by atoms with Crippen molar-refractivity contribution in [1.82, 2.24) is 4.72 Å². The average Bonchev–Trinajstić information content (AvgIpc) is 2.28. The molecule has 0 aliphatic heterocycles. The number of sulfonamides is 1. The Kier molecular flexibility index (Phi) is 4.94. The Morgan fingerprint density at radius 3 is 2.24 bits per heavy atom. The maximum absolute atomic E-state index is 11.7. The van der Waals surface area contributed by atoms with Gasteiger partial charge in [-0.15, -0.1) is 0 Å².